The van der Waals surface area contributed by atoms with Crippen LogP contribution in [0.1, 0.15) is 21.5 Å². The molecule has 2 aromatic carbocycles. The Morgan fingerprint density at radius 2 is 1.95 bits per heavy atom. The van der Waals surface area contributed by atoms with Crippen LogP contribution < -0.4 is 11.1 Å². The highest BCUT2D eigenvalue weighted by Crippen LogP contribution is 2.31. The van der Waals surface area contributed by atoms with Gasteiger partial charge in [-0.05, 0) is 59.1 Å². The monoisotopic (exact) mass is 348 g/mol. The van der Waals surface area contributed by atoms with E-state index in [-0.39, 0.29) is 0 Å². The number of carbonyl (C=O) groups is 1. The lowest BCUT2D eigenvalue weighted by atomic mass is 10.1. The summed E-state index contributed by atoms with van der Waals surface area (Å²) in [6, 6.07) is 9.54. The van der Waals surface area contributed by atoms with E-state index < -0.39 is 5.97 Å². The minimum absolute atomic E-state index is 0.365. The van der Waals surface area contributed by atoms with Crippen molar-refractivity contribution >= 4 is 39.0 Å². The van der Waals surface area contributed by atoms with Crippen LogP contribution in [0.2, 0.25) is 0 Å². The summed E-state index contributed by atoms with van der Waals surface area (Å²) in [5.74, 6) is -0.442. The fraction of sp³-hybridized carbons (Fsp3) is 0.188. The van der Waals surface area contributed by atoms with Gasteiger partial charge in [0.2, 0.25) is 0 Å². The molecule has 0 heterocycles. The van der Waals surface area contributed by atoms with E-state index in [9.17, 15) is 4.79 Å². The standard InChI is InChI=1S/C16H17BrN2O2/c1-9-5-4-6-13(14(9)17)19-11-7-10(2)15(18)12(8-11)16(20)21-3/h4-8,19H,18H2,1-3H3. The van der Waals surface area contributed by atoms with Crippen molar-refractivity contribution in [2.45, 2.75) is 13.8 Å². The van der Waals surface area contributed by atoms with Gasteiger partial charge in [0.1, 0.15) is 0 Å². The van der Waals surface area contributed by atoms with Crippen molar-refractivity contribution in [2.24, 2.45) is 0 Å². The van der Waals surface area contributed by atoms with Gasteiger partial charge in [0.15, 0.2) is 0 Å². The van der Waals surface area contributed by atoms with Crippen LogP contribution in [0.5, 0.6) is 0 Å². The summed E-state index contributed by atoms with van der Waals surface area (Å²) >= 11 is 3.55. The van der Waals surface area contributed by atoms with E-state index in [4.69, 9.17) is 10.5 Å². The molecule has 0 amide bonds. The predicted molar refractivity (Wildman–Crippen MR) is 89.1 cm³/mol. The number of nitrogens with two attached hydrogens (primary N) is 1. The Bertz CT molecular complexity index is 699. The summed E-state index contributed by atoms with van der Waals surface area (Å²) in [4.78, 5) is 11.8. The third-order valence-corrected chi connectivity index (χ3v) is 4.32. The second kappa shape index (κ2) is 6.18. The Hall–Kier alpha value is -2.01. The molecule has 0 saturated heterocycles. The molecule has 0 fully saturated rings. The molecule has 0 atom stereocenters. The van der Waals surface area contributed by atoms with E-state index in [1.54, 1.807) is 6.07 Å². The number of nitrogens with one attached hydrogen (secondary N) is 1. The van der Waals surface area contributed by atoms with Gasteiger partial charge in [-0.15, -0.1) is 0 Å². The number of hydrogen-bond acceptors (Lipinski definition) is 4. The van der Waals surface area contributed by atoms with Crippen molar-refractivity contribution in [1.29, 1.82) is 0 Å². The maximum absolute atomic E-state index is 11.8. The van der Waals surface area contributed by atoms with Crippen molar-refractivity contribution < 1.29 is 9.53 Å². The molecular weight excluding hydrogens is 332 g/mol. The smallest absolute Gasteiger partial charge is 0.340 e. The second-order valence-electron chi connectivity index (χ2n) is 4.81. The van der Waals surface area contributed by atoms with Gasteiger partial charge in [-0.1, -0.05) is 12.1 Å². The molecule has 0 aromatic heterocycles. The largest absolute Gasteiger partial charge is 0.465 e. The van der Waals surface area contributed by atoms with E-state index >= 15 is 0 Å². The van der Waals surface area contributed by atoms with Crippen LogP contribution in [-0.4, -0.2) is 13.1 Å². The molecule has 0 aliphatic carbocycles. The van der Waals surface area contributed by atoms with Crippen LogP contribution in [0.4, 0.5) is 17.1 Å². The fourth-order valence-electron chi connectivity index (χ4n) is 2.05. The van der Waals surface area contributed by atoms with E-state index in [1.807, 2.05) is 38.1 Å². The Kier molecular flexibility index (Phi) is 4.53. The predicted octanol–water partition coefficient (Wildman–Crippen LogP) is 4.18. The Morgan fingerprint density at radius 1 is 1.24 bits per heavy atom. The minimum atomic E-state index is -0.442. The number of aryl methyl sites for hydroxylation is 2. The zero-order valence-corrected chi connectivity index (χ0v) is 13.7. The second-order valence-corrected chi connectivity index (χ2v) is 5.60. The number of nitrogen functional groups attached to an aromatic ring is 1. The Labute approximate surface area is 132 Å². The molecule has 2 rings (SSSR count). The highest BCUT2D eigenvalue weighted by molar-refractivity contribution is 9.10. The van der Waals surface area contributed by atoms with Crippen molar-refractivity contribution in [2.75, 3.05) is 18.2 Å². The van der Waals surface area contributed by atoms with Crippen LogP contribution in [0, 0.1) is 13.8 Å². The molecule has 0 radical (unpaired) electrons. The number of hydrogen-bond donors (Lipinski definition) is 2. The molecule has 4 nitrogen and oxygen atoms in total. The molecule has 0 spiro atoms. The van der Waals surface area contributed by atoms with Crippen LogP contribution >= 0.6 is 15.9 Å². The summed E-state index contributed by atoms with van der Waals surface area (Å²) in [7, 11) is 1.34. The van der Waals surface area contributed by atoms with Gasteiger partial charge >= 0.3 is 5.97 Å². The zero-order valence-electron chi connectivity index (χ0n) is 12.2. The van der Waals surface area contributed by atoms with Gasteiger partial charge in [-0.25, -0.2) is 4.79 Å². The van der Waals surface area contributed by atoms with E-state index in [0.717, 1.165) is 27.0 Å². The molecule has 0 aliphatic heterocycles. The molecule has 21 heavy (non-hydrogen) atoms. The maximum atomic E-state index is 11.8. The summed E-state index contributed by atoms with van der Waals surface area (Å²) < 4.78 is 5.75. The third kappa shape index (κ3) is 3.19. The minimum Gasteiger partial charge on any atom is -0.465 e. The average molecular weight is 349 g/mol. The third-order valence-electron chi connectivity index (χ3n) is 3.26. The van der Waals surface area contributed by atoms with Crippen molar-refractivity contribution in [3.63, 3.8) is 0 Å². The van der Waals surface area contributed by atoms with Gasteiger partial charge in [0, 0.05) is 15.8 Å². The number of ether oxygens (including phenoxy) is 1. The normalized spacial score (nSPS) is 10.3. The van der Waals surface area contributed by atoms with E-state index in [0.29, 0.717) is 11.3 Å². The summed E-state index contributed by atoms with van der Waals surface area (Å²) in [5, 5.41) is 3.29. The molecule has 0 unspecified atom stereocenters. The molecule has 110 valence electrons. The lowest BCUT2D eigenvalue weighted by Gasteiger charge is -2.14. The number of anilines is 3. The first kappa shape index (κ1) is 15.4. The summed E-state index contributed by atoms with van der Waals surface area (Å²) in [5.41, 5.74) is 10.4. The van der Waals surface area contributed by atoms with Gasteiger partial charge in [0.25, 0.3) is 0 Å². The summed E-state index contributed by atoms with van der Waals surface area (Å²) in [6.07, 6.45) is 0. The van der Waals surface area contributed by atoms with Crippen LogP contribution in [0.25, 0.3) is 0 Å². The van der Waals surface area contributed by atoms with Crippen molar-refractivity contribution in [3.8, 4) is 0 Å². The van der Waals surface area contributed by atoms with Gasteiger partial charge < -0.3 is 15.8 Å². The molecular formula is C16H17BrN2O2. The van der Waals surface area contributed by atoms with E-state index in [2.05, 4.69) is 21.2 Å². The van der Waals surface area contributed by atoms with Gasteiger partial charge in [-0.2, -0.15) is 0 Å². The lowest BCUT2D eigenvalue weighted by molar-refractivity contribution is 0.0602. The fourth-order valence-corrected chi connectivity index (χ4v) is 2.41. The number of rotatable bonds is 3. The highest BCUT2D eigenvalue weighted by atomic mass is 79.9. The number of esters is 1. The topological polar surface area (TPSA) is 64.3 Å². The lowest BCUT2D eigenvalue weighted by Crippen LogP contribution is -2.08. The number of carbonyl (C=O) groups excluding carboxylic acids is 1. The first-order valence-electron chi connectivity index (χ1n) is 6.44. The first-order valence-corrected chi connectivity index (χ1v) is 7.24. The van der Waals surface area contributed by atoms with Gasteiger partial charge in [-0.3, -0.25) is 0 Å². The van der Waals surface area contributed by atoms with Crippen molar-refractivity contribution in [1.82, 2.24) is 0 Å². The van der Waals surface area contributed by atoms with Crippen LogP contribution in [0.3, 0.4) is 0 Å². The Balaban J connectivity index is 2.43. The highest BCUT2D eigenvalue weighted by Gasteiger charge is 2.14. The number of halogens is 1. The van der Waals surface area contributed by atoms with Gasteiger partial charge in [0.05, 0.1) is 18.4 Å². The maximum Gasteiger partial charge on any atom is 0.340 e. The first-order chi connectivity index (χ1) is 9.93. The van der Waals surface area contributed by atoms with Crippen LogP contribution in [0.15, 0.2) is 34.8 Å². The molecule has 0 bridgehead atoms. The number of benzene rings is 2. The SMILES string of the molecule is COC(=O)c1cc(Nc2cccc(C)c2Br)cc(C)c1N. The molecule has 5 heteroatoms. The number of methoxy groups -OCH3 is 1. The molecule has 3 N–H and O–H groups in total. The molecule has 2 aromatic rings. The summed E-state index contributed by atoms with van der Waals surface area (Å²) in [6.45, 7) is 3.88. The average Bonchev–Trinajstić information content (AvgIpc) is 2.46. The van der Waals surface area contributed by atoms with Crippen molar-refractivity contribution in [3.05, 3.63) is 51.5 Å². The van der Waals surface area contributed by atoms with E-state index in [1.165, 1.54) is 7.11 Å². The van der Waals surface area contributed by atoms with Crippen LogP contribution in [-0.2, 0) is 4.74 Å². The molecule has 0 aliphatic rings. The molecule has 0 saturated carbocycles. The quantitative estimate of drug-likeness (QED) is 0.645. The zero-order chi connectivity index (χ0) is 15.6. The Morgan fingerprint density at radius 3 is 2.62 bits per heavy atom.